The van der Waals surface area contributed by atoms with Crippen LogP contribution in [0.4, 0.5) is 0 Å². The molecule has 2 aromatic carbocycles. The quantitative estimate of drug-likeness (QED) is 0.392. The lowest BCUT2D eigenvalue weighted by molar-refractivity contribution is 0.0720. The van der Waals surface area contributed by atoms with E-state index in [1.54, 1.807) is 0 Å². The van der Waals surface area contributed by atoms with Gasteiger partial charge in [0.25, 0.3) is 5.91 Å². The Morgan fingerprint density at radius 2 is 1.64 bits per heavy atom. The summed E-state index contributed by atoms with van der Waals surface area (Å²) in [5.74, 6) is -0.0892. The van der Waals surface area contributed by atoms with Crippen LogP contribution in [0.15, 0.2) is 66.7 Å². The molecule has 33 heavy (non-hydrogen) atoms. The predicted molar refractivity (Wildman–Crippen MR) is 131 cm³/mol. The molecule has 0 atom stereocenters. The molecule has 0 unspecified atom stereocenters. The van der Waals surface area contributed by atoms with Crippen molar-refractivity contribution in [3.63, 3.8) is 0 Å². The fourth-order valence-corrected chi connectivity index (χ4v) is 4.48. The van der Waals surface area contributed by atoms with Crippen LogP contribution in [0.3, 0.4) is 0 Å². The van der Waals surface area contributed by atoms with Crippen molar-refractivity contribution < 1.29 is 4.79 Å². The second-order valence-corrected chi connectivity index (χ2v) is 8.58. The van der Waals surface area contributed by atoms with Crippen LogP contribution in [-0.2, 0) is 27.2 Å². The Kier molecular flexibility index (Phi) is 5.21. The van der Waals surface area contributed by atoms with Gasteiger partial charge in [0.15, 0.2) is 0 Å². The molecule has 0 fully saturated rings. The van der Waals surface area contributed by atoms with Gasteiger partial charge < -0.3 is 9.47 Å². The zero-order chi connectivity index (χ0) is 23.1. The zero-order valence-corrected chi connectivity index (χ0v) is 19.4. The number of amides is 1. The molecule has 6 heteroatoms. The SMILES string of the molecule is Cc1nn(C)c(C)c1CN(Cc1cc2ccccc2n1C)C(=O)c1ccc2ccccc2n1. The van der Waals surface area contributed by atoms with Crippen LogP contribution < -0.4 is 0 Å². The zero-order valence-electron chi connectivity index (χ0n) is 19.4. The molecule has 0 radical (unpaired) electrons. The van der Waals surface area contributed by atoms with Crippen molar-refractivity contribution in [1.82, 2.24) is 24.2 Å². The smallest absolute Gasteiger partial charge is 0.273 e. The van der Waals surface area contributed by atoms with Crippen molar-refractivity contribution in [2.45, 2.75) is 26.9 Å². The first-order chi connectivity index (χ1) is 15.9. The van der Waals surface area contributed by atoms with E-state index in [2.05, 4.69) is 39.9 Å². The van der Waals surface area contributed by atoms with E-state index < -0.39 is 0 Å². The lowest BCUT2D eigenvalue weighted by Crippen LogP contribution is -2.32. The summed E-state index contributed by atoms with van der Waals surface area (Å²) >= 11 is 0. The number of para-hydroxylation sites is 2. The minimum atomic E-state index is -0.0892. The largest absolute Gasteiger partial charge is 0.346 e. The van der Waals surface area contributed by atoms with E-state index in [-0.39, 0.29) is 5.91 Å². The van der Waals surface area contributed by atoms with Gasteiger partial charge >= 0.3 is 0 Å². The molecular weight excluding hydrogens is 410 g/mol. The Morgan fingerprint density at radius 1 is 0.909 bits per heavy atom. The van der Waals surface area contributed by atoms with Gasteiger partial charge in [-0.2, -0.15) is 5.10 Å². The fraction of sp³-hybridized carbons (Fsp3) is 0.222. The van der Waals surface area contributed by atoms with Crippen LogP contribution in [-0.4, -0.2) is 30.1 Å². The first kappa shape index (κ1) is 20.9. The van der Waals surface area contributed by atoms with E-state index in [1.165, 1.54) is 5.39 Å². The predicted octanol–water partition coefficient (Wildman–Crippen LogP) is 4.92. The van der Waals surface area contributed by atoms with E-state index >= 15 is 0 Å². The molecule has 0 aliphatic carbocycles. The number of fused-ring (bicyclic) bond motifs is 2. The maximum atomic E-state index is 13.8. The van der Waals surface area contributed by atoms with Gasteiger partial charge in [-0.05, 0) is 43.5 Å². The summed E-state index contributed by atoms with van der Waals surface area (Å²) in [5.41, 5.74) is 6.57. The molecule has 0 saturated heterocycles. The summed E-state index contributed by atoms with van der Waals surface area (Å²) in [6.45, 7) is 4.99. The van der Waals surface area contributed by atoms with E-state index in [0.29, 0.717) is 18.8 Å². The average Bonchev–Trinajstić information content (AvgIpc) is 3.27. The van der Waals surface area contributed by atoms with Gasteiger partial charge in [-0.3, -0.25) is 9.48 Å². The number of nitrogens with zero attached hydrogens (tertiary/aromatic N) is 5. The summed E-state index contributed by atoms with van der Waals surface area (Å²) in [6, 6.07) is 22.1. The van der Waals surface area contributed by atoms with Crippen LogP contribution in [0.2, 0.25) is 0 Å². The molecular formula is C27H27N5O. The number of pyridine rings is 1. The molecule has 6 nitrogen and oxygen atoms in total. The van der Waals surface area contributed by atoms with Crippen LogP contribution in [0.5, 0.6) is 0 Å². The Hall–Kier alpha value is -3.93. The highest BCUT2D eigenvalue weighted by Gasteiger charge is 2.23. The van der Waals surface area contributed by atoms with Crippen molar-refractivity contribution in [2.24, 2.45) is 14.1 Å². The Labute approximate surface area is 193 Å². The highest BCUT2D eigenvalue weighted by Crippen LogP contribution is 2.23. The third-order valence-corrected chi connectivity index (χ3v) is 6.52. The number of benzene rings is 2. The van der Waals surface area contributed by atoms with Gasteiger partial charge in [0.05, 0.1) is 24.3 Å². The maximum Gasteiger partial charge on any atom is 0.273 e. The van der Waals surface area contributed by atoms with Gasteiger partial charge in [0.1, 0.15) is 5.69 Å². The maximum absolute atomic E-state index is 13.8. The molecule has 1 amide bonds. The van der Waals surface area contributed by atoms with Crippen molar-refractivity contribution in [1.29, 1.82) is 0 Å². The van der Waals surface area contributed by atoms with Crippen LogP contribution >= 0.6 is 0 Å². The van der Waals surface area contributed by atoms with Gasteiger partial charge in [0.2, 0.25) is 0 Å². The second-order valence-electron chi connectivity index (χ2n) is 8.58. The van der Waals surface area contributed by atoms with Crippen molar-refractivity contribution >= 4 is 27.7 Å². The second kappa shape index (κ2) is 8.20. The normalized spacial score (nSPS) is 11.4. The molecule has 3 heterocycles. The Morgan fingerprint density at radius 3 is 2.36 bits per heavy atom. The van der Waals surface area contributed by atoms with Gasteiger partial charge in [-0.15, -0.1) is 0 Å². The Bertz CT molecular complexity index is 1490. The summed E-state index contributed by atoms with van der Waals surface area (Å²) in [4.78, 5) is 20.3. The molecule has 0 aliphatic rings. The van der Waals surface area contributed by atoms with E-state index in [1.807, 2.05) is 79.0 Å². The van der Waals surface area contributed by atoms with Crippen molar-refractivity contribution in [2.75, 3.05) is 0 Å². The number of aryl methyl sites for hydroxylation is 3. The lowest BCUT2D eigenvalue weighted by atomic mass is 10.1. The number of aromatic nitrogens is 4. The highest BCUT2D eigenvalue weighted by molar-refractivity contribution is 5.95. The molecule has 0 aliphatic heterocycles. The molecule has 5 rings (SSSR count). The molecule has 166 valence electrons. The topological polar surface area (TPSA) is 56.0 Å². The van der Waals surface area contributed by atoms with Crippen molar-refractivity contribution in [3.05, 3.63) is 95.1 Å². The Balaban J connectivity index is 1.56. The average molecular weight is 438 g/mol. The van der Waals surface area contributed by atoms with Crippen LogP contribution in [0, 0.1) is 13.8 Å². The summed E-state index contributed by atoms with van der Waals surface area (Å²) in [6.07, 6.45) is 0. The fourth-order valence-electron chi connectivity index (χ4n) is 4.48. The van der Waals surface area contributed by atoms with Crippen LogP contribution in [0.1, 0.15) is 33.1 Å². The molecule has 5 aromatic rings. The first-order valence-corrected chi connectivity index (χ1v) is 11.1. The summed E-state index contributed by atoms with van der Waals surface area (Å²) < 4.78 is 4.03. The molecule has 3 aromatic heterocycles. The number of hydrogen-bond donors (Lipinski definition) is 0. The monoisotopic (exact) mass is 437 g/mol. The highest BCUT2D eigenvalue weighted by atomic mass is 16.2. The summed E-state index contributed by atoms with van der Waals surface area (Å²) in [5, 5.41) is 6.74. The van der Waals surface area contributed by atoms with E-state index in [4.69, 9.17) is 0 Å². The third-order valence-electron chi connectivity index (χ3n) is 6.52. The van der Waals surface area contributed by atoms with Crippen molar-refractivity contribution in [3.8, 4) is 0 Å². The number of hydrogen-bond acceptors (Lipinski definition) is 3. The minimum absolute atomic E-state index is 0.0892. The van der Waals surface area contributed by atoms with E-state index in [0.717, 1.165) is 39.1 Å². The van der Waals surface area contributed by atoms with Gasteiger partial charge in [0, 0.05) is 41.9 Å². The van der Waals surface area contributed by atoms with Crippen LogP contribution in [0.25, 0.3) is 21.8 Å². The van der Waals surface area contributed by atoms with Gasteiger partial charge in [-0.25, -0.2) is 4.98 Å². The molecule has 0 bridgehead atoms. The van der Waals surface area contributed by atoms with E-state index in [9.17, 15) is 4.79 Å². The molecule has 0 N–H and O–H groups in total. The number of rotatable bonds is 5. The van der Waals surface area contributed by atoms with Gasteiger partial charge in [-0.1, -0.05) is 42.5 Å². The minimum Gasteiger partial charge on any atom is -0.346 e. The number of carbonyl (C=O) groups is 1. The summed E-state index contributed by atoms with van der Waals surface area (Å²) in [7, 11) is 3.99. The molecule has 0 spiro atoms. The third kappa shape index (κ3) is 3.78. The lowest BCUT2D eigenvalue weighted by Gasteiger charge is -2.23. The molecule has 0 saturated carbocycles. The first-order valence-electron chi connectivity index (χ1n) is 11.1. The standard InChI is InChI=1S/C27H27N5O/c1-18-23(19(2)31(4)29-18)17-32(16-22-15-21-10-6-8-12-26(21)30(22)3)27(33)25-14-13-20-9-5-7-11-24(20)28-25/h5-15H,16-17H2,1-4H3. The number of carbonyl (C=O) groups excluding carboxylic acids is 1.